The minimum atomic E-state index is -0.275. The minimum Gasteiger partial charge on any atom is -0.389 e. The zero-order valence-electron chi connectivity index (χ0n) is 12.0. The van der Waals surface area contributed by atoms with Crippen LogP contribution in [0.3, 0.4) is 0 Å². The van der Waals surface area contributed by atoms with Gasteiger partial charge in [0.25, 0.3) is 0 Å². The van der Waals surface area contributed by atoms with Crippen LogP contribution in [0.1, 0.15) is 30.9 Å². The monoisotopic (exact) mass is 291 g/mol. The summed E-state index contributed by atoms with van der Waals surface area (Å²) in [6, 6.07) is 5.56. The van der Waals surface area contributed by atoms with Crippen LogP contribution in [-0.2, 0) is 4.79 Å². The maximum atomic E-state index is 12.3. The molecule has 1 amide bonds. The first-order chi connectivity index (χ1) is 9.49. The van der Waals surface area contributed by atoms with E-state index in [2.05, 4.69) is 5.32 Å². The van der Waals surface area contributed by atoms with Crippen LogP contribution in [0.15, 0.2) is 18.2 Å². The van der Waals surface area contributed by atoms with E-state index in [9.17, 15) is 4.79 Å². The lowest BCUT2D eigenvalue weighted by molar-refractivity contribution is -0.130. The lowest BCUT2D eigenvalue weighted by atomic mass is 10.1. The van der Waals surface area contributed by atoms with Crippen molar-refractivity contribution in [2.75, 3.05) is 18.4 Å². The van der Waals surface area contributed by atoms with E-state index in [4.69, 9.17) is 18.0 Å². The quantitative estimate of drug-likeness (QED) is 0.834. The molecule has 1 heterocycles. The SMILES string of the molecule is Cc1ccc(C(N)=S)c(NC(C)C(=O)N2CCCC2)c1. The number of rotatable bonds is 4. The lowest BCUT2D eigenvalue weighted by Crippen LogP contribution is -2.40. The first-order valence-electron chi connectivity index (χ1n) is 6.95. The number of aryl methyl sites for hydroxylation is 1. The molecule has 1 aromatic carbocycles. The number of likely N-dealkylation sites (tertiary alicyclic amines) is 1. The highest BCUT2D eigenvalue weighted by atomic mass is 32.1. The van der Waals surface area contributed by atoms with Crippen LogP contribution in [0.4, 0.5) is 5.69 Å². The van der Waals surface area contributed by atoms with Crippen molar-refractivity contribution in [3.8, 4) is 0 Å². The standard InChI is InChI=1S/C15H21N3OS/c1-10-5-6-12(14(16)20)13(9-10)17-11(2)15(19)18-7-3-4-8-18/h5-6,9,11,17H,3-4,7-8H2,1-2H3,(H2,16,20). The van der Waals surface area contributed by atoms with Gasteiger partial charge in [-0.2, -0.15) is 0 Å². The third kappa shape index (κ3) is 3.28. The molecule has 2 rings (SSSR count). The first kappa shape index (κ1) is 14.8. The van der Waals surface area contributed by atoms with E-state index in [1.165, 1.54) is 0 Å². The highest BCUT2D eigenvalue weighted by Gasteiger charge is 2.23. The van der Waals surface area contributed by atoms with Crippen molar-refractivity contribution in [3.63, 3.8) is 0 Å². The number of carbonyl (C=O) groups is 1. The Bertz CT molecular complexity index is 524. The molecule has 1 aliphatic rings. The van der Waals surface area contributed by atoms with Gasteiger partial charge in [0.05, 0.1) is 0 Å². The van der Waals surface area contributed by atoms with Gasteiger partial charge in [-0.3, -0.25) is 4.79 Å². The van der Waals surface area contributed by atoms with Crippen molar-refractivity contribution in [2.45, 2.75) is 32.7 Å². The largest absolute Gasteiger partial charge is 0.389 e. The summed E-state index contributed by atoms with van der Waals surface area (Å²) < 4.78 is 0. The molecule has 3 N–H and O–H groups in total. The van der Waals surface area contributed by atoms with Crippen molar-refractivity contribution in [1.29, 1.82) is 0 Å². The Morgan fingerprint density at radius 2 is 2.05 bits per heavy atom. The van der Waals surface area contributed by atoms with E-state index in [1.54, 1.807) is 0 Å². The molecule has 0 saturated carbocycles. The molecule has 1 atom stereocenters. The second kappa shape index (κ2) is 6.22. The van der Waals surface area contributed by atoms with Gasteiger partial charge in [0.15, 0.2) is 0 Å². The number of nitrogens with zero attached hydrogens (tertiary/aromatic N) is 1. The molecular weight excluding hydrogens is 270 g/mol. The summed E-state index contributed by atoms with van der Waals surface area (Å²) in [6.45, 7) is 5.61. The Morgan fingerprint density at radius 1 is 1.40 bits per heavy atom. The Kier molecular flexibility index (Phi) is 4.60. The Labute approximate surface area is 125 Å². The fourth-order valence-corrected chi connectivity index (χ4v) is 2.68. The number of nitrogens with one attached hydrogen (secondary N) is 1. The molecule has 0 aromatic heterocycles. The number of nitrogens with two attached hydrogens (primary N) is 1. The lowest BCUT2D eigenvalue weighted by Gasteiger charge is -2.23. The number of anilines is 1. The van der Waals surface area contributed by atoms with Gasteiger partial charge in [-0.05, 0) is 44.4 Å². The van der Waals surface area contributed by atoms with Crippen molar-refractivity contribution in [2.24, 2.45) is 5.73 Å². The number of hydrogen-bond acceptors (Lipinski definition) is 3. The predicted octanol–water partition coefficient (Wildman–Crippen LogP) is 2.05. The fraction of sp³-hybridized carbons (Fsp3) is 0.467. The number of benzene rings is 1. The van der Waals surface area contributed by atoms with Crippen LogP contribution in [-0.4, -0.2) is 34.9 Å². The molecule has 1 aliphatic heterocycles. The second-order valence-electron chi connectivity index (χ2n) is 5.31. The smallest absolute Gasteiger partial charge is 0.244 e. The van der Waals surface area contributed by atoms with Gasteiger partial charge in [0.1, 0.15) is 11.0 Å². The van der Waals surface area contributed by atoms with Crippen LogP contribution in [0, 0.1) is 6.92 Å². The van der Waals surface area contributed by atoms with Gasteiger partial charge >= 0.3 is 0 Å². The van der Waals surface area contributed by atoms with Crippen molar-refractivity contribution in [1.82, 2.24) is 4.90 Å². The maximum Gasteiger partial charge on any atom is 0.244 e. The number of carbonyl (C=O) groups excluding carboxylic acids is 1. The van der Waals surface area contributed by atoms with Crippen molar-refractivity contribution >= 4 is 28.8 Å². The Hall–Kier alpha value is -1.62. The van der Waals surface area contributed by atoms with E-state index in [-0.39, 0.29) is 11.9 Å². The summed E-state index contributed by atoms with van der Waals surface area (Å²) in [4.78, 5) is 14.6. The van der Waals surface area contributed by atoms with Gasteiger partial charge < -0.3 is 16.0 Å². The molecule has 1 saturated heterocycles. The third-order valence-corrected chi connectivity index (χ3v) is 3.82. The molecule has 0 spiro atoms. The van der Waals surface area contributed by atoms with Crippen LogP contribution in [0.25, 0.3) is 0 Å². The highest BCUT2D eigenvalue weighted by Crippen LogP contribution is 2.19. The molecular formula is C15H21N3OS. The summed E-state index contributed by atoms with van der Waals surface area (Å²) >= 11 is 5.06. The third-order valence-electron chi connectivity index (χ3n) is 3.60. The predicted molar refractivity (Wildman–Crippen MR) is 86.0 cm³/mol. The molecule has 5 heteroatoms. The topological polar surface area (TPSA) is 58.4 Å². The van der Waals surface area contributed by atoms with Gasteiger partial charge in [0.2, 0.25) is 5.91 Å². The molecule has 0 radical (unpaired) electrons. The number of thiocarbonyl (C=S) groups is 1. The molecule has 1 fully saturated rings. The summed E-state index contributed by atoms with van der Waals surface area (Å²) in [5.74, 6) is 0.137. The van der Waals surface area contributed by atoms with Gasteiger partial charge in [-0.15, -0.1) is 0 Å². The molecule has 108 valence electrons. The molecule has 1 aromatic rings. The zero-order valence-corrected chi connectivity index (χ0v) is 12.8. The van der Waals surface area contributed by atoms with Crippen molar-refractivity contribution < 1.29 is 4.79 Å². The molecule has 20 heavy (non-hydrogen) atoms. The number of hydrogen-bond donors (Lipinski definition) is 2. The maximum absolute atomic E-state index is 12.3. The first-order valence-corrected chi connectivity index (χ1v) is 7.35. The van der Waals surface area contributed by atoms with Crippen LogP contribution >= 0.6 is 12.2 Å². The van der Waals surface area contributed by atoms with Gasteiger partial charge in [0, 0.05) is 24.3 Å². The molecule has 4 nitrogen and oxygen atoms in total. The summed E-state index contributed by atoms with van der Waals surface area (Å²) in [6.07, 6.45) is 2.20. The minimum absolute atomic E-state index is 0.137. The van der Waals surface area contributed by atoms with E-state index in [0.29, 0.717) is 4.99 Å². The van der Waals surface area contributed by atoms with Crippen molar-refractivity contribution in [3.05, 3.63) is 29.3 Å². The second-order valence-corrected chi connectivity index (χ2v) is 5.75. The zero-order chi connectivity index (χ0) is 14.7. The molecule has 0 bridgehead atoms. The van der Waals surface area contributed by atoms with Crippen LogP contribution < -0.4 is 11.1 Å². The van der Waals surface area contributed by atoms with Gasteiger partial charge in [-0.25, -0.2) is 0 Å². The molecule has 1 unspecified atom stereocenters. The van der Waals surface area contributed by atoms with E-state index >= 15 is 0 Å². The van der Waals surface area contributed by atoms with E-state index in [1.807, 2.05) is 36.9 Å². The average Bonchev–Trinajstić information content (AvgIpc) is 2.91. The van der Waals surface area contributed by atoms with E-state index in [0.717, 1.165) is 42.7 Å². The Morgan fingerprint density at radius 3 is 2.65 bits per heavy atom. The van der Waals surface area contributed by atoms with Crippen LogP contribution in [0.2, 0.25) is 0 Å². The van der Waals surface area contributed by atoms with E-state index < -0.39 is 0 Å². The van der Waals surface area contributed by atoms with Crippen LogP contribution in [0.5, 0.6) is 0 Å². The summed E-state index contributed by atoms with van der Waals surface area (Å²) in [7, 11) is 0. The normalized spacial score (nSPS) is 16.0. The summed E-state index contributed by atoms with van der Waals surface area (Å²) in [5.41, 5.74) is 8.45. The molecule has 0 aliphatic carbocycles. The van der Waals surface area contributed by atoms with Gasteiger partial charge in [-0.1, -0.05) is 18.3 Å². The number of amides is 1. The summed E-state index contributed by atoms with van der Waals surface area (Å²) in [5, 5.41) is 3.25. The highest BCUT2D eigenvalue weighted by molar-refractivity contribution is 7.80. The average molecular weight is 291 g/mol. The fourth-order valence-electron chi connectivity index (χ4n) is 2.50. The Balaban J connectivity index is 2.14.